The zero-order valence-electron chi connectivity index (χ0n) is 14.0. The minimum Gasteiger partial charge on any atom is -0.282 e. The van der Waals surface area contributed by atoms with Crippen LogP contribution in [0.5, 0.6) is 0 Å². The summed E-state index contributed by atoms with van der Waals surface area (Å²) < 4.78 is 87.6. The summed E-state index contributed by atoms with van der Waals surface area (Å²) in [6.45, 7) is 0. The van der Waals surface area contributed by atoms with E-state index in [0.29, 0.717) is 16.7 Å². The van der Waals surface area contributed by atoms with Crippen molar-refractivity contribution < 1.29 is 30.5 Å². The fourth-order valence-corrected chi connectivity index (χ4v) is 5.05. The van der Waals surface area contributed by atoms with Crippen LogP contribution in [0.15, 0.2) is 39.0 Å². The Balaban J connectivity index is 2.08. The second-order valence-corrected chi connectivity index (χ2v) is 8.77. The number of benzene rings is 2. The van der Waals surface area contributed by atoms with Crippen molar-refractivity contribution in [2.24, 2.45) is 0 Å². The van der Waals surface area contributed by atoms with E-state index in [9.17, 15) is 26.0 Å². The van der Waals surface area contributed by atoms with E-state index in [-0.39, 0.29) is 5.92 Å². The lowest BCUT2D eigenvalue weighted by atomic mass is 9.84. The summed E-state index contributed by atoms with van der Waals surface area (Å²) in [4.78, 5) is -2.57. The quantitative estimate of drug-likeness (QED) is 0.392. The third kappa shape index (κ3) is 4.00. The number of halogens is 4. The van der Waals surface area contributed by atoms with Gasteiger partial charge < -0.3 is 0 Å². The first-order chi connectivity index (χ1) is 12.7. The lowest BCUT2D eigenvalue weighted by Crippen LogP contribution is -2.11. The first kappa shape index (κ1) is 20.2. The van der Waals surface area contributed by atoms with E-state index < -0.39 is 43.2 Å². The van der Waals surface area contributed by atoms with Crippen molar-refractivity contribution in [2.45, 2.75) is 52.7 Å². The van der Waals surface area contributed by atoms with Gasteiger partial charge in [-0.2, -0.15) is 8.42 Å². The summed E-state index contributed by atoms with van der Waals surface area (Å²) >= 11 is 0.502. The summed E-state index contributed by atoms with van der Waals surface area (Å²) in [6.07, 6.45) is 4.99. The molecule has 0 radical (unpaired) electrons. The third-order valence-corrected chi connectivity index (χ3v) is 6.65. The van der Waals surface area contributed by atoms with Gasteiger partial charge in [-0.3, -0.25) is 4.55 Å². The summed E-state index contributed by atoms with van der Waals surface area (Å²) in [6, 6.07) is 6.83. The zero-order chi connectivity index (χ0) is 19.8. The highest BCUT2D eigenvalue weighted by Crippen LogP contribution is 2.42. The molecule has 0 atom stereocenters. The van der Waals surface area contributed by atoms with Gasteiger partial charge in [-0.25, -0.2) is 17.6 Å². The Labute approximate surface area is 158 Å². The molecule has 0 amide bonds. The van der Waals surface area contributed by atoms with E-state index >= 15 is 0 Å². The van der Waals surface area contributed by atoms with Crippen molar-refractivity contribution in [3.8, 4) is 0 Å². The number of hydrogen-bond donors (Lipinski definition) is 1. The maximum atomic E-state index is 14.3. The summed E-state index contributed by atoms with van der Waals surface area (Å²) in [5.74, 6) is -7.82. The molecule has 146 valence electrons. The fraction of sp³-hybridized carbons (Fsp3) is 0.333. The third-order valence-electron chi connectivity index (χ3n) is 4.62. The van der Waals surface area contributed by atoms with Gasteiger partial charge in [0.05, 0.1) is 4.90 Å². The Bertz CT molecular complexity index is 942. The highest BCUT2D eigenvalue weighted by Gasteiger charge is 2.33. The molecule has 3 nitrogen and oxygen atoms in total. The molecular weight excluding hydrogens is 404 g/mol. The molecule has 2 aromatic rings. The zero-order valence-corrected chi connectivity index (χ0v) is 15.6. The Hall–Kier alpha value is -1.58. The Kier molecular flexibility index (Phi) is 5.83. The number of hydrogen-bond acceptors (Lipinski definition) is 3. The highest BCUT2D eigenvalue weighted by molar-refractivity contribution is 7.99. The smallest absolute Gasteiger partial charge is 0.282 e. The Morgan fingerprint density at radius 3 is 2.00 bits per heavy atom. The van der Waals surface area contributed by atoms with E-state index in [0.717, 1.165) is 37.7 Å². The lowest BCUT2D eigenvalue weighted by Gasteiger charge is -2.24. The summed E-state index contributed by atoms with van der Waals surface area (Å²) in [5, 5.41) is 0. The molecular formula is C18H16F4O3S2. The summed E-state index contributed by atoms with van der Waals surface area (Å²) in [7, 11) is -5.46. The standard InChI is InChI=1S/C18H16F4O3S2/c19-13-15(21)18(27(23,24)25)16(22)14(20)17(13)26-12-9-5-4-8-11(12)10-6-2-1-3-7-10/h4-5,8-10H,1-3,6-7H2,(H,23,24,25). The normalized spacial score (nSPS) is 15.9. The topological polar surface area (TPSA) is 54.4 Å². The maximum absolute atomic E-state index is 14.3. The van der Waals surface area contributed by atoms with Crippen LogP contribution in [0.2, 0.25) is 0 Å². The van der Waals surface area contributed by atoms with Crippen LogP contribution in [0.4, 0.5) is 17.6 Å². The van der Waals surface area contributed by atoms with Crippen molar-refractivity contribution in [2.75, 3.05) is 0 Å². The van der Waals surface area contributed by atoms with Gasteiger partial charge in [0, 0.05) is 4.90 Å². The second-order valence-electron chi connectivity index (χ2n) is 6.36. The lowest BCUT2D eigenvalue weighted by molar-refractivity contribution is 0.384. The molecule has 9 heteroatoms. The second kappa shape index (κ2) is 7.81. The monoisotopic (exact) mass is 420 g/mol. The van der Waals surface area contributed by atoms with Crippen LogP contribution in [-0.4, -0.2) is 13.0 Å². The van der Waals surface area contributed by atoms with E-state index in [1.807, 2.05) is 6.07 Å². The van der Waals surface area contributed by atoms with Gasteiger partial charge in [-0.1, -0.05) is 49.2 Å². The summed E-state index contributed by atoms with van der Waals surface area (Å²) in [5.41, 5.74) is 0.834. The molecule has 0 heterocycles. The van der Waals surface area contributed by atoms with Gasteiger partial charge in [-0.05, 0) is 30.4 Å². The first-order valence-corrected chi connectivity index (χ1v) is 10.6. The predicted octanol–water partition coefficient (Wildman–Crippen LogP) is 5.69. The van der Waals surface area contributed by atoms with Crippen LogP contribution in [0.3, 0.4) is 0 Å². The molecule has 0 aromatic heterocycles. The van der Waals surface area contributed by atoms with E-state index in [2.05, 4.69) is 0 Å². The Morgan fingerprint density at radius 1 is 0.889 bits per heavy atom. The molecule has 27 heavy (non-hydrogen) atoms. The molecule has 1 aliphatic rings. The van der Waals surface area contributed by atoms with Crippen LogP contribution in [0.1, 0.15) is 43.6 Å². The van der Waals surface area contributed by atoms with E-state index in [1.165, 1.54) is 0 Å². The maximum Gasteiger partial charge on any atom is 0.300 e. The minimum absolute atomic E-state index is 0.181. The SMILES string of the molecule is O=S(=O)(O)c1c(F)c(F)c(Sc2ccccc2C2CCCCC2)c(F)c1F. The van der Waals surface area contributed by atoms with Gasteiger partial charge in [0.15, 0.2) is 28.2 Å². The van der Waals surface area contributed by atoms with Crippen molar-refractivity contribution in [3.63, 3.8) is 0 Å². The molecule has 1 N–H and O–H groups in total. The molecule has 0 bridgehead atoms. The average molecular weight is 420 g/mol. The van der Waals surface area contributed by atoms with E-state index in [4.69, 9.17) is 4.55 Å². The molecule has 2 aromatic carbocycles. The molecule has 0 aliphatic heterocycles. The van der Waals surface area contributed by atoms with Gasteiger partial charge in [0.2, 0.25) is 0 Å². The van der Waals surface area contributed by atoms with Crippen LogP contribution < -0.4 is 0 Å². The van der Waals surface area contributed by atoms with Crippen molar-refractivity contribution >= 4 is 21.9 Å². The first-order valence-electron chi connectivity index (χ1n) is 8.32. The van der Waals surface area contributed by atoms with Crippen LogP contribution in [-0.2, 0) is 10.1 Å². The van der Waals surface area contributed by atoms with Crippen LogP contribution >= 0.6 is 11.8 Å². The minimum atomic E-state index is -5.46. The number of rotatable bonds is 4. The molecule has 0 saturated heterocycles. The van der Waals surface area contributed by atoms with Crippen molar-refractivity contribution in [1.29, 1.82) is 0 Å². The molecule has 1 fully saturated rings. The largest absolute Gasteiger partial charge is 0.300 e. The van der Waals surface area contributed by atoms with Crippen molar-refractivity contribution in [1.82, 2.24) is 0 Å². The van der Waals surface area contributed by atoms with Gasteiger partial charge >= 0.3 is 10.1 Å². The highest BCUT2D eigenvalue weighted by atomic mass is 32.2. The Morgan fingerprint density at radius 2 is 1.44 bits per heavy atom. The molecule has 1 aliphatic carbocycles. The van der Waals surface area contributed by atoms with E-state index in [1.54, 1.807) is 18.2 Å². The molecule has 0 unspecified atom stereocenters. The van der Waals surface area contributed by atoms with Gasteiger partial charge in [0.25, 0.3) is 0 Å². The fourth-order valence-electron chi connectivity index (χ4n) is 3.34. The van der Waals surface area contributed by atoms with Gasteiger partial charge in [0.1, 0.15) is 0 Å². The molecule has 3 rings (SSSR count). The van der Waals surface area contributed by atoms with Crippen LogP contribution in [0.25, 0.3) is 0 Å². The molecule has 1 saturated carbocycles. The average Bonchev–Trinajstić information content (AvgIpc) is 2.64. The van der Waals surface area contributed by atoms with Crippen LogP contribution in [0, 0.1) is 23.3 Å². The van der Waals surface area contributed by atoms with Gasteiger partial charge in [-0.15, -0.1) is 0 Å². The predicted molar refractivity (Wildman–Crippen MR) is 92.5 cm³/mol. The molecule has 0 spiro atoms. The van der Waals surface area contributed by atoms with Crippen molar-refractivity contribution in [3.05, 3.63) is 53.1 Å².